The molecule has 0 saturated heterocycles. The molecule has 1 heterocycles. The Hall–Kier alpha value is -0.830. The Kier molecular flexibility index (Phi) is 6.94. The molecule has 0 aliphatic heterocycles. The van der Waals surface area contributed by atoms with Crippen LogP contribution in [0, 0.1) is 0 Å². The van der Waals surface area contributed by atoms with Crippen molar-refractivity contribution in [3.63, 3.8) is 0 Å². The van der Waals surface area contributed by atoms with Gasteiger partial charge in [0, 0.05) is 30.9 Å². The zero-order valence-electron chi connectivity index (χ0n) is 11.6. The number of nitrogens with zero attached hydrogens (tertiary/aromatic N) is 2. The summed E-state index contributed by atoms with van der Waals surface area (Å²) in [5.74, 6) is 0. The maximum Gasteiger partial charge on any atom is 0.0534 e. The number of nitrogens with one attached hydrogen (secondary N) is 1. The Morgan fingerprint density at radius 2 is 2.00 bits per heavy atom. The molecule has 0 aliphatic carbocycles. The summed E-state index contributed by atoms with van der Waals surface area (Å²) in [6, 6.07) is 0.535. The van der Waals surface area contributed by atoms with E-state index in [0.717, 1.165) is 13.1 Å². The molecule has 17 heavy (non-hydrogen) atoms. The molecule has 0 unspecified atom stereocenters. The summed E-state index contributed by atoms with van der Waals surface area (Å²) in [7, 11) is 0. The molecule has 0 bridgehead atoms. The highest BCUT2D eigenvalue weighted by Crippen LogP contribution is 2.05. The molecule has 0 saturated carbocycles. The van der Waals surface area contributed by atoms with Crippen LogP contribution in [0.15, 0.2) is 12.4 Å². The van der Waals surface area contributed by atoms with Gasteiger partial charge in [0.1, 0.15) is 0 Å². The molecule has 0 fully saturated rings. The lowest BCUT2D eigenvalue weighted by Crippen LogP contribution is -2.21. The first-order valence-corrected chi connectivity index (χ1v) is 6.97. The van der Waals surface area contributed by atoms with Crippen LogP contribution >= 0.6 is 0 Å². The summed E-state index contributed by atoms with van der Waals surface area (Å²) in [5.41, 5.74) is 1.28. The van der Waals surface area contributed by atoms with E-state index >= 15 is 0 Å². The van der Waals surface area contributed by atoms with E-state index in [9.17, 15) is 0 Å². The van der Waals surface area contributed by atoms with Crippen molar-refractivity contribution in [2.24, 2.45) is 0 Å². The molecule has 0 amide bonds. The molecule has 98 valence electrons. The predicted octanol–water partition coefficient (Wildman–Crippen LogP) is 3.35. The lowest BCUT2D eigenvalue weighted by Gasteiger charge is -2.05. The smallest absolute Gasteiger partial charge is 0.0534 e. The fraction of sp³-hybridized carbons (Fsp3) is 0.786. The SMILES string of the molecule is CCCCCCCn1cc(CNC(C)C)cn1. The van der Waals surface area contributed by atoms with Crippen LogP contribution in [0.2, 0.25) is 0 Å². The highest BCUT2D eigenvalue weighted by molar-refractivity contribution is 5.03. The van der Waals surface area contributed by atoms with E-state index in [-0.39, 0.29) is 0 Å². The Morgan fingerprint density at radius 1 is 1.24 bits per heavy atom. The third-order valence-corrected chi connectivity index (χ3v) is 2.89. The summed E-state index contributed by atoms with van der Waals surface area (Å²) in [5, 5.41) is 7.79. The van der Waals surface area contributed by atoms with Gasteiger partial charge in [-0.05, 0) is 6.42 Å². The van der Waals surface area contributed by atoms with Gasteiger partial charge in [-0.3, -0.25) is 4.68 Å². The zero-order valence-corrected chi connectivity index (χ0v) is 11.6. The minimum atomic E-state index is 0.535. The summed E-state index contributed by atoms with van der Waals surface area (Å²) < 4.78 is 2.07. The maximum absolute atomic E-state index is 4.39. The van der Waals surface area contributed by atoms with Crippen molar-refractivity contribution in [1.82, 2.24) is 15.1 Å². The predicted molar refractivity (Wildman–Crippen MR) is 73.0 cm³/mol. The van der Waals surface area contributed by atoms with Crippen molar-refractivity contribution in [3.8, 4) is 0 Å². The van der Waals surface area contributed by atoms with Gasteiger partial charge in [0.05, 0.1) is 6.20 Å². The fourth-order valence-corrected chi connectivity index (χ4v) is 1.82. The number of rotatable bonds is 9. The van der Waals surface area contributed by atoms with Crippen molar-refractivity contribution in [2.45, 2.75) is 72.0 Å². The maximum atomic E-state index is 4.39. The summed E-state index contributed by atoms with van der Waals surface area (Å²) >= 11 is 0. The lowest BCUT2D eigenvalue weighted by molar-refractivity contribution is 0.532. The van der Waals surface area contributed by atoms with Gasteiger partial charge in [-0.1, -0.05) is 46.5 Å². The number of aryl methyl sites for hydroxylation is 1. The second kappa shape index (κ2) is 8.29. The average Bonchev–Trinajstić information content (AvgIpc) is 2.74. The highest BCUT2D eigenvalue weighted by atomic mass is 15.3. The summed E-state index contributed by atoms with van der Waals surface area (Å²) in [4.78, 5) is 0. The highest BCUT2D eigenvalue weighted by Gasteiger charge is 1.99. The topological polar surface area (TPSA) is 29.9 Å². The molecular weight excluding hydrogens is 210 g/mol. The Morgan fingerprint density at radius 3 is 2.71 bits per heavy atom. The standard InChI is InChI=1S/C14H27N3/c1-4-5-6-7-8-9-17-12-14(11-16-17)10-15-13(2)3/h11-13,15H,4-10H2,1-3H3. The van der Waals surface area contributed by atoms with Crippen LogP contribution in [0.25, 0.3) is 0 Å². The largest absolute Gasteiger partial charge is 0.310 e. The van der Waals surface area contributed by atoms with E-state index in [4.69, 9.17) is 0 Å². The molecule has 1 aromatic heterocycles. The van der Waals surface area contributed by atoms with Gasteiger partial charge >= 0.3 is 0 Å². The quantitative estimate of drug-likeness (QED) is 0.667. The monoisotopic (exact) mass is 237 g/mol. The summed E-state index contributed by atoms with van der Waals surface area (Å²) in [6.07, 6.45) is 10.7. The van der Waals surface area contributed by atoms with Gasteiger partial charge in [-0.15, -0.1) is 0 Å². The van der Waals surface area contributed by atoms with Crippen LogP contribution < -0.4 is 5.32 Å². The van der Waals surface area contributed by atoms with Crippen molar-refractivity contribution in [1.29, 1.82) is 0 Å². The van der Waals surface area contributed by atoms with Crippen LogP contribution in [-0.4, -0.2) is 15.8 Å². The second-order valence-electron chi connectivity index (χ2n) is 5.06. The molecule has 1 aromatic rings. The number of aromatic nitrogens is 2. The first-order chi connectivity index (χ1) is 8.22. The van der Waals surface area contributed by atoms with E-state index in [1.807, 2.05) is 6.20 Å². The number of hydrogen-bond donors (Lipinski definition) is 1. The van der Waals surface area contributed by atoms with Crippen LogP contribution in [0.4, 0.5) is 0 Å². The molecule has 1 N–H and O–H groups in total. The zero-order chi connectivity index (χ0) is 12.5. The molecule has 0 radical (unpaired) electrons. The minimum Gasteiger partial charge on any atom is -0.310 e. The first kappa shape index (κ1) is 14.2. The molecule has 3 heteroatoms. The van der Waals surface area contributed by atoms with E-state index in [0.29, 0.717) is 6.04 Å². The van der Waals surface area contributed by atoms with E-state index in [1.54, 1.807) is 0 Å². The molecular formula is C14H27N3. The van der Waals surface area contributed by atoms with Crippen molar-refractivity contribution in [3.05, 3.63) is 18.0 Å². The lowest BCUT2D eigenvalue weighted by atomic mass is 10.1. The Bertz CT molecular complexity index is 291. The van der Waals surface area contributed by atoms with E-state index < -0.39 is 0 Å². The van der Waals surface area contributed by atoms with E-state index in [2.05, 4.69) is 42.1 Å². The molecule has 0 aliphatic rings. The minimum absolute atomic E-state index is 0.535. The van der Waals surface area contributed by atoms with Crippen LogP contribution in [0.1, 0.15) is 58.4 Å². The van der Waals surface area contributed by atoms with Crippen molar-refractivity contribution < 1.29 is 0 Å². The van der Waals surface area contributed by atoms with Crippen LogP contribution in [-0.2, 0) is 13.1 Å². The number of unbranched alkanes of at least 4 members (excludes halogenated alkanes) is 4. The Balaban J connectivity index is 2.17. The van der Waals surface area contributed by atoms with Crippen molar-refractivity contribution in [2.75, 3.05) is 0 Å². The van der Waals surface area contributed by atoms with Crippen molar-refractivity contribution >= 4 is 0 Å². The molecule has 0 atom stereocenters. The fourth-order valence-electron chi connectivity index (χ4n) is 1.82. The van der Waals surface area contributed by atoms with Crippen LogP contribution in [0.5, 0.6) is 0 Å². The van der Waals surface area contributed by atoms with Crippen LogP contribution in [0.3, 0.4) is 0 Å². The molecule has 0 aromatic carbocycles. The second-order valence-corrected chi connectivity index (χ2v) is 5.06. The Labute approximate surface area is 106 Å². The summed E-state index contributed by atoms with van der Waals surface area (Å²) in [6.45, 7) is 8.57. The van der Waals surface area contributed by atoms with Gasteiger partial charge in [-0.2, -0.15) is 5.10 Å². The molecule has 3 nitrogen and oxygen atoms in total. The van der Waals surface area contributed by atoms with Gasteiger partial charge in [0.25, 0.3) is 0 Å². The third kappa shape index (κ3) is 6.47. The normalized spacial score (nSPS) is 11.3. The molecule has 0 spiro atoms. The molecule has 1 rings (SSSR count). The van der Waals surface area contributed by atoms with Gasteiger partial charge in [0.15, 0.2) is 0 Å². The van der Waals surface area contributed by atoms with Gasteiger partial charge < -0.3 is 5.32 Å². The van der Waals surface area contributed by atoms with Gasteiger partial charge in [-0.25, -0.2) is 0 Å². The van der Waals surface area contributed by atoms with Gasteiger partial charge in [0.2, 0.25) is 0 Å². The third-order valence-electron chi connectivity index (χ3n) is 2.89. The average molecular weight is 237 g/mol. The first-order valence-electron chi connectivity index (χ1n) is 6.97. The number of hydrogen-bond acceptors (Lipinski definition) is 2. The van der Waals surface area contributed by atoms with E-state index in [1.165, 1.54) is 37.7 Å².